The first-order valence-corrected chi connectivity index (χ1v) is 7.11. The molecule has 0 heterocycles. The van der Waals surface area contributed by atoms with Gasteiger partial charge in [-0.25, -0.2) is 0 Å². The van der Waals surface area contributed by atoms with Crippen LogP contribution < -0.4 is 0 Å². The number of aliphatic carboxylic acids is 1. The topological polar surface area (TPSA) is 37.3 Å². The first-order valence-electron chi connectivity index (χ1n) is 6.73. The number of carboxylic acids is 1. The van der Waals surface area contributed by atoms with E-state index in [9.17, 15) is 9.90 Å². The van der Waals surface area contributed by atoms with Crippen molar-refractivity contribution in [2.24, 2.45) is 0 Å². The fourth-order valence-electron chi connectivity index (χ4n) is 3.05. The van der Waals surface area contributed by atoms with Crippen molar-refractivity contribution >= 4 is 17.6 Å². The van der Waals surface area contributed by atoms with E-state index in [1.54, 1.807) is 0 Å². The van der Waals surface area contributed by atoms with Crippen molar-refractivity contribution in [3.05, 3.63) is 69.7 Å². The van der Waals surface area contributed by atoms with E-state index in [0.717, 1.165) is 24.0 Å². The second-order valence-electron chi connectivity index (χ2n) is 5.19. The van der Waals surface area contributed by atoms with Crippen LogP contribution in [0.4, 0.5) is 0 Å². The third-order valence-electron chi connectivity index (χ3n) is 3.96. The normalized spacial score (nSPS) is 16.9. The van der Waals surface area contributed by atoms with Gasteiger partial charge in [-0.15, -0.1) is 0 Å². The molecule has 0 bridgehead atoms. The lowest BCUT2D eigenvalue weighted by atomic mass is 9.86. The Kier molecular flexibility index (Phi) is 3.49. The van der Waals surface area contributed by atoms with Crippen LogP contribution in [0.25, 0.3) is 0 Å². The molecule has 0 amide bonds. The number of rotatable bonds is 2. The quantitative estimate of drug-likeness (QED) is 0.904. The predicted molar refractivity (Wildman–Crippen MR) is 79.4 cm³/mol. The Hall–Kier alpha value is -1.80. The van der Waals surface area contributed by atoms with Gasteiger partial charge >= 0.3 is 5.97 Å². The molecule has 0 spiro atoms. The zero-order chi connectivity index (χ0) is 14.1. The van der Waals surface area contributed by atoms with Gasteiger partial charge in [-0.3, -0.25) is 4.79 Å². The summed E-state index contributed by atoms with van der Waals surface area (Å²) in [6.45, 7) is 0. The SMILES string of the molecule is O=C(O)C[C@@H]1c2ccccc2CCc2ccc(Cl)cc21. The summed E-state index contributed by atoms with van der Waals surface area (Å²) in [5, 5.41) is 9.91. The predicted octanol–water partition coefficient (Wildman–Crippen LogP) is 4.05. The van der Waals surface area contributed by atoms with E-state index in [0.29, 0.717) is 5.02 Å². The maximum Gasteiger partial charge on any atom is 0.304 e. The maximum atomic E-state index is 11.3. The van der Waals surface area contributed by atoms with Gasteiger partial charge in [0, 0.05) is 10.9 Å². The van der Waals surface area contributed by atoms with Crippen molar-refractivity contribution < 1.29 is 9.90 Å². The highest BCUT2D eigenvalue weighted by atomic mass is 35.5. The lowest BCUT2D eigenvalue weighted by Crippen LogP contribution is -2.09. The molecule has 3 rings (SSSR count). The molecule has 1 aliphatic rings. The average molecular weight is 287 g/mol. The van der Waals surface area contributed by atoms with Crippen LogP contribution in [0, 0.1) is 0 Å². The Labute approximate surface area is 123 Å². The minimum absolute atomic E-state index is 0.102. The average Bonchev–Trinajstić information content (AvgIpc) is 2.57. The van der Waals surface area contributed by atoms with Gasteiger partial charge in [0.2, 0.25) is 0 Å². The number of benzene rings is 2. The van der Waals surface area contributed by atoms with Gasteiger partial charge in [-0.2, -0.15) is 0 Å². The number of halogens is 1. The fourth-order valence-corrected chi connectivity index (χ4v) is 3.23. The van der Waals surface area contributed by atoms with Crippen LogP contribution in [0.2, 0.25) is 5.02 Å². The largest absolute Gasteiger partial charge is 0.481 e. The van der Waals surface area contributed by atoms with Crippen molar-refractivity contribution in [3.63, 3.8) is 0 Å². The molecule has 0 aromatic heterocycles. The molecule has 0 aliphatic heterocycles. The van der Waals surface area contributed by atoms with Crippen molar-refractivity contribution in [3.8, 4) is 0 Å². The molecule has 2 aromatic carbocycles. The number of hydrogen-bond donors (Lipinski definition) is 1. The van der Waals surface area contributed by atoms with Crippen molar-refractivity contribution in [2.45, 2.75) is 25.2 Å². The second-order valence-corrected chi connectivity index (χ2v) is 5.63. The first kappa shape index (κ1) is 13.2. The highest BCUT2D eigenvalue weighted by Crippen LogP contribution is 2.37. The van der Waals surface area contributed by atoms with Gasteiger partial charge in [0.15, 0.2) is 0 Å². The van der Waals surface area contributed by atoms with Gasteiger partial charge in [0.1, 0.15) is 0 Å². The molecule has 0 unspecified atom stereocenters. The molecular weight excluding hydrogens is 272 g/mol. The molecule has 20 heavy (non-hydrogen) atoms. The van der Waals surface area contributed by atoms with Gasteiger partial charge in [0.25, 0.3) is 0 Å². The number of carbonyl (C=O) groups is 1. The van der Waals surface area contributed by atoms with Crippen molar-refractivity contribution in [1.29, 1.82) is 0 Å². The number of aryl methyl sites for hydroxylation is 2. The Morgan fingerprint density at radius 1 is 1.10 bits per heavy atom. The van der Waals surface area contributed by atoms with Crippen LogP contribution in [-0.2, 0) is 17.6 Å². The van der Waals surface area contributed by atoms with E-state index in [1.807, 2.05) is 36.4 Å². The summed E-state index contributed by atoms with van der Waals surface area (Å²) in [7, 11) is 0. The molecular formula is C17H15ClO2. The Morgan fingerprint density at radius 2 is 1.80 bits per heavy atom. The molecule has 2 nitrogen and oxygen atoms in total. The molecule has 3 heteroatoms. The summed E-state index contributed by atoms with van der Waals surface area (Å²) >= 11 is 6.11. The van der Waals surface area contributed by atoms with E-state index in [1.165, 1.54) is 11.1 Å². The number of fused-ring (bicyclic) bond motifs is 2. The smallest absolute Gasteiger partial charge is 0.304 e. The van der Waals surface area contributed by atoms with Crippen LogP contribution in [-0.4, -0.2) is 11.1 Å². The van der Waals surface area contributed by atoms with E-state index in [2.05, 4.69) is 6.07 Å². The Morgan fingerprint density at radius 3 is 2.55 bits per heavy atom. The summed E-state index contributed by atoms with van der Waals surface area (Å²) in [5.74, 6) is -0.891. The van der Waals surface area contributed by atoms with Crippen LogP contribution in [0.15, 0.2) is 42.5 Å². The van der Waals surface area contributed by atoms with Gasteiger partial charge in [-0.1, -0.05) is 41.9 Å². The summed E-state index contributed by atoms with van der Waals surface area (Å²) in [5.41, 5.74) is 4.63. The van der Waals surface area contributed by atoms with Crippen LogP contribution in [0.1, 0.15) is 34.6 Å². The zero-order valence-electron chi connectivity index (χ0n) is 11.0. The molecule has 1 aliphatic carbocycles. The minimum Gasteiger partial charge on any atom is -0.481 e. The molecule has 1 atom stereocenters. The molecule has 0 radical (unpaired) electrons. The van der Waals surface area contributed by atoms with Gasteiger partial charge in [0.05, 0.1) is 6.42 Å². The highest BCUT2D eigenvalue weighted by Gasteiger charge is 2.25. The first-order chi connectivity index (χ1) is 9.65. The van der Waals surface area contributed by atoms with Crippen molar-refractivity contribution in [2.75, 3.05) is 0 Å². The summed E-state index contributed by atoms with van der Waals surface area (Å²) in [4.78, 5) is 11.3. The second kappa shape index (κ2) is 5.29. The Bertz CT molecular complexity index is 664. The van der Waals surface area contributed by atoms with Crippen LogP contribution in [0.3, 0.4) is 0 Å². The lowest BCUT2D eigenvalue weighted by molar-refractivity contribution is -0.137. The molecule has 0 fully saturated rings. The minimum atomic E-state index is -0.780. The molecule has 1 N–H and O–H groups in total. The van der Waals surface area contributed by atoms with Crippen LogP contribution >= 0.6 is 11.6 Å². The van der Waals surface area contributed by atoms with Crippen molar-refractivity contribution in [1.82, 2.24) is 0 Å². The molecule has 0 saturated heterocycles. The van der Waals surface area contributed by atoms with Gasteiger partial charge in [-0.05, 0) is 47.2 Å². The van der Waals surface area contributed by atoms with Crippen LogP contribution in [0.5, 0.6) is 0 Å². The van der Waals surface area contributed by atoms with E-state index in [-0.39, 0.29) is 12.3 Å². The third-order valence-corrected chi connectivity index (χ3v) is 4.19. The summed E-state index contributed by atoms with van der Waals surface area (Å²) in [6.07, 6.45) is 1.98. The zero-order valence-corrected chi connectivity index (χ0v) is 11.7. The maximum absolute atomic E-state index is 11.3. The molecule has 0 saturated carbocycles. The monoisotopic (exact) mass is 286 g/mol. The fraction of sp³-hybridized carbons (Fsp3) is 0.235. The summed E-state index contributed by atoms with van der Waals surface area (Å²) < 4.78 is 0. The van der Waals surface area contributed by atoms with E-state index < -0.39 is 5.97 Å². The Balaban J connectivity index is 2.18. The number of hydrogen-bond acceptors (Lipinski definition) is 1. The number of carboxylic acid groups (broad SMARTS) is 1. The lowest BCUT2D eigenvalue weighted by Gasteiger charge is -2.18. The standard InChI is InChI=1S/C17H15ClO2/c18-13-8-7-12-6-5-11-3-1-2-4-14(11)16(10-17(19)20)15(12)9-13/h1-4,7-9,16H,5-6,10H2,(H,19,20)/t16-/m1/s1. The van der Waals surface area contributed by atoms with E-state index in [4.69, 9.17) is 11.6 Å². The highest BCUT2D eigenvalue weighted by molar-refractivity contribution is 6.30. The molecule has 102 valence electrons. The third kappa shape index (κ3) is 2.44. The molecule has 2 aromatic rings. The van der Waals surface area contributed by atoms with Gasteiger partial charge < -0.3 is 5.11 Å². The summed E-state index contributed by atoms with van der Waals surface area (Å²) in [6, 6.07) is 14.0. The van der Waals surface area contributed by atoms with E-state index >= 15 is 0 Å².